The Balaban J connectivity index is 0.000000323. The zero-order valence-corrected chi connectivity index (χ0v) is 22.0. The van der Waals surface area contributed by atoms with Gasteiger partial charge in [0, 0.05) is 48.5 Å². The fraction of sp³-hybridized carbons (Fsp3) is 0.480. The Morgan fingerprint density at radius 2 is 2.18 bits per heavy atom. The van der Waals surface area contributed by atoms with Crippen molar-refractivity contribution in [2.75, 3.05) is 32.2 Å². The van der Waals surface area contributed by atoms with Crippen molar-refractivity contribution in [3.05, 3.63) is 44.6 Å². The summed E-state index contributed by atoms with van der Waals surface area (Å²) in [6, 6.07) is 6.62. The van der Waals surface area contributed by atoms with Crippen LogP contribution in [0.15, 0.2) is 29.0 Å². The van der Waals surface area contributed by atoms with Crippen molar-refractivity contribution in [3.63, 3.8) is 0 Å². The number of nitrogens with one attached hydrogen (secondary N) is 2. The van der Waals surface area contributed by atoms with Gasteiger partial charge >= 0.3 is 0 Å². The van der Waals surface area contributed by atoms with Gasteiger partial charge in [-0.25, -0.2) is 4.98 Å². The van der Waals surface area contributed by atoms with Crippen LogP contribution in [0.1, 0.15) is 50.0 Å². The van der Waals surface area contributed by atoms with Gasteiger partial charge in [-0.1, -0.05) is 43.4 Å². The molecule has 0 spiro atoms. The highest BCUT2D eigenvalue weighted by molar-refractivity contribution is 7.18. The Labute approximate surface area is 210 Å². The van der Waals surface area contributed by atoms with E-state index in [9.17, 15) is 0 Å². The van der Waals surface area contributed by atoms with E-state index in [1.807, 2.05) is 38.4 Å². The Bertz CT molecular complexity index is 990. The third-order valence-corrected chi connectivity index (χ3v) is 6.85. The number of rotatable bonds is 6. The van der Waals surface area contributed by atoms with Crippen LogP contribution < -0.4 is 10.6 Å². The van der Waals surface area contributed by atoms with Crippen molar-refractivity contribution in [3.8, 4) is 11.8 Å². The van der Waals surface area contributed by atoms with Gasteiger partial charge in [-0.05, 0) is 37.8 Å². The largest absolute Gasteiger partial charge is 0.396 e. The van der Waals surface area contributed by atoms with Crippen molar-refractivity contribution in [1.29, 1.82) is 0 Å². The van der Waals surface area contributed by atoms with E-state index in [2.05, 4.69) is 38.9 Å². The van der Waals surface area contributed by atoms with E-state index in [0.29, 0.717) is 24.0 Å². The topological polar surface area (TPSA) is 66.4 Å². The maximum atomic E-state index is 8.80. The fourth-order valence-corrected chi connectivity index (χ4v) is 4.86. The van der Waals surface area contributed by atoms with E-state index in [0.717, 1.165) is 41.2 Å². The van der Waals surface area contributed by atoms with Crippen molar-refractivity contribution in [2.24, 2.45) is 0 Å². The second-order valence-corrected chi connectivity index (χ2v) is 9.38. The minimum Gasteiger partial charge on any atom is -0.396 e. The number of aliphatic hydroxyl groups excluding tert-OH is 1. The number of hydrogen-bond acceptors (Lipinski definition) is 7. The van der Waals surface area contributed by atoms with E-state index in [1.165, 1.54) is 17.7 Å². The Morgan fingerprint density at radius 1 is 1.33 bits per heavy atom. The molecule has 0 aliphatic carbocycles. The molecule has 0 saturated carbocycles. The zero-order valence-electron chi connectivity index (χ0n) is 19.6. The molecule has 1 atom stereocenters. The van der Waals surface area contributed by atoms with E-state index in [1.54, 1.807) is 22.7 Å². The van der Waals surface area contributed by atoms with E-state index in [-0.39, 0.29) is 6.61 Å². The predicted octanol–water partition coefficient (Wildman–Crippen LogP) is 6.16. The number of unbranched alkanes of at least 4 members (excludes halogenated alkanes) is 1. The summed E-state index contributed by atoms with van der Waals surface area (Å²) in [4.78, 5) is 5.70. The monoisotopic (exact) mass is 507 g/mol. The Hall–Kier alpha value is -1.66. The number of pyridine rings is 1. The van der Waals surface area contributed by atoms with Gasteiger partial charge in [0.1, 0.15) is 10.7 Å². The lowest BCUT2D eigenvalue weighted by Gasteiger charge is -2.20. The average Bonchev–Trinajstić information content (AvgIpc) is 3.53. The molecule has 8 heteroatoms. The van der Waals surface area contributed by atoms with Crippen molar-refractivity contribution in [2.45, 2.75) is 52.1 Å². The average molecular weight is 508 g/mol. The van der Waals surface area contributed by atoms with Gasteiger partial charge < -0.3 is 20.5 Å². The number of fused-ring (bicyclic) bond motifs is 1. The van der Waals surface area contributed by atoms with Crippen LogP contribution in [0.2, 0.25) is 5.15 Å². The number of ether oxygens (including phenoxy) is 1. The summed E-state index contributed by atoms with van der Waals surface area (Å²) < 4.78 is 6.28. The van der Waals surface area contributed by atoms with Crippen molar-refractivity contribution in [1.82, 2.24) is 10.3 Å². The molecule has 4 rings (SSSR count). The summed E-state index contributed by atoms with van der Waals surface area (Å²) in [5.74, 6) is 6.20. The van der Waals surface area contributed by atoms with E-state index < -0.39 is 0 Å². The van der Waals surface area contributed by atoms with Crippen molar-refractivity contribution >= 4 is 50.2 Å². The number of nitrogens with zero attached hydrogens (tertiary/aromatic N) is 1. The van der Waals surface area contributed by atoms with Gasteiger partial charge in [0.15, 0.2) is 0 Å². The highest BCUT2D eigenvalue weighted by Gasteiger charge is 2.11. The van der Waals surface area contributed by atoms with E-state index in [4.69, 9.17) is 21.4 Å². The number of anilines is 1. The molecule has 0 aromatic carbocycles. The highest BCUT2D eigenvalue weighted by atomic mass is 35.5. The molecule has 1 unspecified atom stereocenters. The molecule has 4 heterocycles. The number of aromatic nitrogens is 1. The zero-order chi connectivity index (χ0) is 23.9. The molecule has 1 aliphatic heterocycles. The first-order valence-corrected chi connectivity index (χ1v) is 13.5. The first kappa shape index (κ1) is 27.6. The number of thiophene rings is 2. The second kappa shape index (κ2) is 16.0. The molecule has 3 aromatic rings. The fourth-order valence-electron chi connectivity index (χ4n) is 3.09. The lowest BCUT2D eigenvalue weighted by molar-refractivity contribution is 0.0730. The minimum absolute atomic E-state index is 0.167. The molecule has 1 aliphatic rings. The molecule has 0 radical (unpaired) electrons. The highest BCUT2D eigenvalue weighted by Crippen LogP contribution is 2.33. The standard InChI is InChI=1S/C17H15ClN2OS2.C6H13NO.C2H6/c18-15-9-14(19-10-13-6-4-8-22-13)17-16(20-15)12(11-23-17)5-2-1-3-7-21;1-7-6-3-2-4-8-5-6;1-2/h4,6,8-9,11,21H,1,3,7,10H2,(H,19,20);6-7H,2-5H2,1H3;1-2H3. The quantitative estimate of drug-likeness (QED) is 0.212. The molecule has 0 amide bonds. The molecule has 1 saturated heterocycles. The third-order valence-electron chi connectivity index (χ3n) is 4.78. The van der Waals surface area contributed by atoms with Gasteiger partial charge in [-0.3, -0.25) is 0 Å². The van der Waals surface area contributed by atoms with Gasteiger partial charge in [0.25, 0.3) is 0 Å². The summed E-state index contributed by atoms with van der Waals surface area (Å²) >= 11 is 9.51. The predicted molar refractivity (Wildman–Crippen MR) is 144 cm³/mol. The maximum absolute atomic E-state index is 8.80. The minimum atomic E-state index is 0.167. The van der Waals surface area contributed by atoms with Crippen LogP contribution in [-0.2, 0) is 11.3 Å². The van der Waals surface area contributed by atoms with Gasteiger partial charge in [0.05, 0.1) is 22.6 Å². The normalized spacial score (nSPS) is 14.9. The maximum Gasteiger partial charge on any atom is 0.131 e. The number of halogens is 1. The molecule has 3 N–H and O–H groups in total. The summed E-state index contributed by atoms with van der Waals surface area (Å²) in [6.07, 6.45) is 3.86. The molecule has 0 bridgehead atoms. The third kappa shape index (κ3) is 9.24. The molecule has 180 valence electrons. The molecule has 3 aromatic heterocycles. The number of aliphatic hydroxyl groups is 1. The molecule has 5 nitrogen and oxygen atoms in total. The Kier molecular flexibility index (Phi) is 13.4. The number of hydrogen-bond donors (Lipinski definition) is 3. The summed E-state index contributed by atoms with van der Waals surface area (Å²) in [5, 5.41) is 20.0. The van der Waals surface area contributed by atoms with Crippen LogP contribution in [0.25, 0.3) is 10.2 Å². The lowest BCUT2D eigenvalue weighted by Crippen LogP contribution is -2.33. The number of likely N-dealkylation sites (N-methyl/N-ethyl adjacent to an activating group) is 1. The molecular formula is C25H34ClN3O2S2. The smallest absolute Gasteiger partial charge is 0.131 e. The summed E-state index contributed by atoms with van der Waals surface area (Å²) in [5.41, 5.74) is 2.72. The molecule has 33 heavy (non-hydrogen) atoms. The first-order chi connectivity index (χ1) is 16.2. The SMILES string of the molecule is CC.CNC1CCCOC1.OCCCC#Cc1csc2c(NCc3cccs3)cc(Cl)nc12. The summed E-state index contributed by atoms with van der Waals surface area (Å²) in [6.45, 7) is 6.79. The van der Waals surface area contributed by atoms with Crippen LogP contribution in [-0.4, -0.2) is 43.0 Å². The van der Waals surface area contributed by atoms with Crippen LogP contribution in [0.4, 0.5) is 5.69 Å². The van der Waals surface area contributed by atoms with Crippen LogP contribution in [0.3, 0.4) is 0 Å². The molecule has 1 fully saturated rings. The van der Waals surface area contributed by atoms with E-state index >= 15 is 0 Å². The van der Waals surface area contributed by atoms with Gasteiger partial charge in [-0.2, -0.15) is 0 Å². The lowest BCUT2D eigenvalue weighted by atomic mass is 10.1. The Morgan fingerprint density at radius 3 is 2.82 bits per heavy atom. The van der Waals surface area contributed by atoms with Crippen molar-refractivity contribution < 1.29 is 9.84 Å². The molecular weight excluding hydrogens is 474 g/mol. The first-order valence-electron chi connectivity index (χ1n) is 11.4. The van der Waals surface area contributed by atoms with Crippen LogP contribution in [0, 0.1) is 11.8 Å². The van der Waals surface area contributed by atoms with Crippen LogP contribution in [0.5, 0.6) is 0 Å². The van der Waals surface area contributed by atoms with Crippen LogP contribution >= 0.6 is 34.3 Å². The second-order valence-electron chi connectivity index (χ2n) is 7.08. The van der Waals surface area contributed by atoms with Gasteiger partial charge in [-0.15, -0.1) is 22.7 Å². The summed E-state index contributed by atoms with van der Waals surface area (Å²) in [7, 11) is 1.99. The van der Waals surface area contributed by atoms with Gasteiger partial charge in [0.2, 0.25) is 0 Å².